The van der Waals surface area contributed by atoms with Gasteiger partial charge in [0.25, 0.3) is 0 Å². The summed E-state index contributed by atoms with van der Waals surface area (Å²) in [6.45, 7) is 0.617. The first kappa shape index (κ1) is 8.95. The molecule has 0 amide bonds. The maximum atomic E-state index is 11.8. The van der Waals surface area contributed by atoms with E-state index in [1.807, 2.05) is 6.08 Å². The summed E-state index contributed by atoms with van der Waals surface area (Å²) in [6.07, 6.45) is 9.89. The van der Waals surface area contributed by atoms with Gasteiger partial charge in [0.15, 0.2) is 5.78 Å². The molecule has 0 radical (unpaired) electrons. The first-order valence-corrected chi connectivity index (χ1v) is 5.16. The van der Waals surface area contributed by atoms with Crippen LogP contribution in [0.3, 0.4) is 0 Å². The van der Waals surface area contributed by atoms with Gasteiger partial charge in [0.2, 0.25) is 0 Å². The highest BCUT2D eigenvalue weighted by Crippen LogP contribution is 2.33. The summed E-state index contributed by atoms with van der Waals surface area (Å²) in [7, 11) is 0. The molecule has 2 nitrogen and oxygen atoms in total. The molecule has 1 fully saturated rings. The van der Waals surface area contributed by atoms with Gasteiger partial charge in [-0.3, -0.25) is 4.79 Å². The van der Waals surface area contributed by atoms with Crippen molar-refractivity contribution in [1.29, 1.82) is 0 Å². The van der Waals surface area contributed by atoms with Crippen LogP contribution in [0.4, 0.5) is 0 Å². The molecule has 1 saturated carbocycles. The number of Topliss-reactive ketones (excluding diaryl/α,β-unsaturated/α-hetero) is 1. The van der Waals surface area contributed by atoms with Gasteiger partial charge in [-0.1, -0.05) is 12.2 Å². The highest BCUT2D eigenvalue weighted by Gasteiger charge is 2.40. The molecule has 1 atom stereocenters. The molecule has 0 N–H and O–H groups in total. The second kappa shape index (κ2) is 3.62. The SMILES string of the molecule is O=C1CCCC[C@]12CCC=CCO2. The number of hydrogen-bond donors (Lipinski definition) is 0. The van der Waals surface area contributed by atoms with Gasteiger partial charge in [-0.05, 0) is 32.1 Å². The molecular formula is C11H16O2. The van der Waals surface area contributed by atoms with Crippen LogP contribution in [-0.2, 0) is 9.53 Å². The van der Waals surface area contributed by atoms with Crippen LogP contribution in [0, 0.1) is 0 Å². The largest absolute Gasteiger partial charge is 0.363 e. The molecule has 0 aromatic heterocycles. The molecule has 1 heterocycles. The first-order valence-electron chi connectivity index (χ1n) is 5.16. The van der Waals surface area contributed by atoms with E-state index in [0.717, 1.165) is 38.5 Å². The Kier molecular flexibility index (Phi) is 2.49. The van der Waals surface area contributed by atoms with Crippen molar-refractivity contribution in [2.75, 3.05) is 6.61 Å². The molecule has 72 valence electrons. The van der Waals surface area contributed by atoms with E-state index in [0.29, 0.717) is 12.4 Å². The van der Waals surface area contributed by atoms with Gasteiger partial charge < -0.3 is 4.74 Å². The lowest BCUT2D eigenvalue weighted by Crippen LogP contribution is -2.43. The van der Waals surface area contributed by atoms with E-state index in [1.165, 1.54) is 0 Å². The Labute approximate surface area is 79.0 Å². The molecule has 0 unspecified atom stereocenters. The van der Waals surface area contributed by atoms with E-state index in [1.54, 1.807) is 0 Å². The Morgan fingerprint density at radius 2 is 2.15 bits per heavy atom. The van der Waals surface area contributed by atoms with Gasteiger partial charge in [-0.2, -0.15) is 0 Å². The lowest BCUT2D eigenvalue weighted by molar-refractivity contribution is -0.148. The predicted molar refractivity (Wildman–Crippen MR) is 50.5 cm³/mol. The number of carbonyl (C=O) groups is 1. The number of allylic oxidation sites excluding steroid dienone is 1. The molecule has 13 heavy (non-hydrogen) atoms. The summed E-state index contributed by atoms with van der Waals surface area (Å²) >= 11 is 0. The third kappa shape index (κ3) is 1.68. The number of hydrogen-bond acceptors (Lipinski definition) is 2. The maximum Gasteiger partial charge on any atom is 0.164 e. The molecule has 2 rings (SSSR count). The first-order chi connectivity index (χ1) is 6.33. The van der Waals surface area contributed by atoms with Gasteiger partial charge in [0.1, 0.15) is 5.60 Å². The fourth-order valence-corrected chi connectivity index (χ4v) is 2.26. The van der Waals surface area contributed by atoms with Crippen molar-refractivity contribution in [3.8, 4) is 0 Å². The summed E-state index contributed by atoms with van der Waals surface area (Å²) < 4.78 is 5.71. The Bertz CT molecular complexity index is 220. The highest BCUT2D eigenvalue weighted by molar-refractivity contribution is 5.88. The highest BCUT2D eigenvalue weighted by atomic mass is 16.5. The van der Waals surface area contributed by atoms with Crippen molar-refractivity contribution in [2.24, 2.45) is 0 Å². The average molecular weight is 180 g/mol. The summed E-state index contributed by atoms with van der Waals surface area (Å²) in [4.78, 5) is 11.8. The van der Waals surface area contributed by atoms with Crippen LogP contribution < -0.4 is 0 Å². The van der Waals surface area contributed by atoms with Crippen molar-refractivity contribution in [3.63, 3.8) is 0 Å². The predicted octanol–water partition coefficient (Wildman–Crippen LogP) is 2.23. The van der Waals surface area contributed by atoms with Gasteiger partial charge in [-0.15, -0.1) is 0 Å². The molecule has 1 aliphatic heterocycles. The van der Waals surface area contributed by atoms with Gasteiger partial charge in [-0.25, -0.2) is 0 Å². The van der Waals surface area contributed by atoms with Gasteiger partial charge in [0.05, 0.1) is 6.61 Å². The van der Waals surface area contributed by atoms with E-state index < -0.39 is 5.60 Å². The fraction of sp³-hybridized carbons (Fsp3) is 0.727. The zero-order valence-corrected chi connectivity index (χ0v) is 7.92. The van der Waals surface area contributed by atoms with Crippen molar-refractivity contribution in [2.45, 2.75) is 44.1 Å². The van der Waals surface area contributed by atoms with Gasteiger partial charge >= 0.3 is 0 Å². The fourth-order valence-electron chi connectivity index (χ4n) is 2.26. The Morgan fingerprint density at radius 1 is 1.23 bits per heavy atom. The zero-order valence-electron chi connectivity index (χ0n) is 7.92. The minimum atomic E-state index is -0.401. The number of ketones is 1. The van der Waals surface area contributed by atoms with E-state index in [-0.39, 0.29) is 0 Å². The molecular weight excluding hydrogens is 164 g/mol. The van der Waals surface area contributed by atoms with Crippen LogP contribution in [0.25, 0.3) is 0 Å². The van der Waals surface area contributed by atoms with E-state index in [9.17, 15) is 4.79 Å². The minimum absolute atomic E-state index is 0.336. The average Bonchev–Trinajstić information content (AvgIpc) is 2.37. The second-order valence-corrected chi connectivity index (χ2v) is 3.95. The third-order valence-electron chi connectivity index (χ3n) is 3.08. The van der Waals surface area contributed by atoms with Crippen LogP contribution in [0.2, 0.25) is 0 Å². The summed E-state index contributed by atoms with van der Waals surface area (Å²) in [5.41, 5.74) is -0.401. The Morgan fingerprint density at radius 3 is 3.00 bits per heavy atom. The summed E-state index contributed by atoms with van der Waals surface area (Å²) in [6, 6.07) is 0. The van der Waals surface area contributed by atoms with E-state index in [4.69, 9.17) is 4.74 Å². The molecule has 2 heteroatoms. The minimum Gasteiger partial charge on any atom is -0.363 e. The normalized spacial score (nSPS) is 34.9. The van der Waals surface area contributed by atoms with Crippen molar-refractivity contribution in [1.82, 2.24) is 0 Å². The molecule has 1 spiro atoms. The number of rotatable bonds is 0. The monoisotopic (exact) mass is 180 g/mol. The van der Waals surface area contributed by atoms with Crippen molar-refractivity contribution < 1.29 is 9.53 Å². The quantitative estimate of drug-likeness (QED) is 0.534. The lowest BCUT2D eigenvalue weighted by Gasteiger charge is -2.34. The Hall–Kier alpha value is -0.630. The third-order valence-corrected chi connectivity index (χ3v) is 3.08. The van der Waals surface area contributed by atoms with Crippen molar-refractivity contribution in [3.05, 3.63) is 12.2 Å². The Balaban J connectivity index is 2.12. The lowest BCUT2D eigenvalue weighted by atomic mass is 9.80. The molecule has 2 aliphatic rings. The second-order valence-electron chi connectivity index (χ2n) is 3.95. The summed E-state index contributed by atoms with van der Waals surface area (Å²) in [5, 5.41) is 0. The smallest absolute Gasteiger partial charge is 0.164 e. The molecule has 0 bridgehead atoms. The molecule has 0 saturated heterocycles. The zero-order chi connectivity index (χ0) is 9.15. The molecule has 1 aliphatic carbocycles. The van der Waals surface area contributed by atoms with Crippen LogP contribution in [0.1, 0.15) is 38.5 Å². The van der Waals surface area contributed by atoms with Crippen LogP contribution in [0.15, 0.2) is 12.2 Å². The van der Waals surface area contributed by atoms with E-state index in [2.05, 4.69) is 6.08 Å². The van der Waals surface area contributed by atoms with Crippen molar-refractivity contribution >= 4 is 5.78 Å². The van der Waals surface area contributed by atoms with Crippen LogP contribution in [0.5, 0.6) is 0 Å². The van der Waals surface area contributed by atoms with Crippen LogP contribution >= 0.6 is 0 Å². The topological polar surface area (TPSA) is 26.3 Å². The standard InChI is InChI=1S/C11H16O2/c12-10-6-2-4-8-11(10)7-3-1-5-9-13-11/h1,5H,2-4,6-9H2/t11-/m1/s1. The maximum absolute atomic E-state index is 11.8. The number of ether oxygens (including phenoxy) is 1. The molecule has 0 aromatic carbocycles. The molecule has 0 aromatic rings. The van der Waals surface area contributed by atoms with E-state index >= 15 is 0 Å². The number of carbonyl (C=O) groups excluding carboxylic acids is 1. The van der Waals surface area contributed by atoms with Gasteiger partial charge in [0, 0.05) is 6.42 Å². The van der Waals surface area contributed by atoms with Crippen LogP contribution in [-0.4, -0.2) is 18.0 Å². The summed E-state index contributed by atoms with van der Waals surface area (Å²) in [5.74, 6) is 0.336.